The summed E-state index contributed by atoms with van der Waals surface area (Å²) in [6.07, 6.45) is 5.00. The Morgan fingerprint density at radius 1 is 1.04 bits per heavy atom. The Labute approximate surface area is 163 Å². The van der Waals surface area contributed by atoms with Crippen molar-refractivity contribution in [2.75, 3.05) is 7.11 Å². The molecule has 1 amide bonds. The summed E-state index contributed by atoms with van der Waals surface area (Å²) in [5.74, 6) is 1.51. The van der Waals surface area contributed by atoms with Gasteiger partial charge in [-0.2, -0.15) is 0 Å². The molecule has 2 aromatic carbocycles. The fraction of sp³-hybridized carbons (Fsp3) is 0.458. The van der Waals surface area contributed by atoms with E-state index in [0.717, 1.165) is 49.0 Å². The average molecular weight is 366 g/mol. The zero-order chi connectivity index (χ0) is 19.3. The van der Waals surface area contributed by atoms with Crippen molar-refractivity contribution in [2.24, 2.45) is 5.92 Å². The van der Waals surface area contributed by atoms with Gasteiger partial charge < -0.3 is 10.1 Å². The van der Waals surface area contributed by atoms with Gasteiger partial charge in [-0.15, -0.1) is 0 Å². The SMILES string of the molecule is COc1ccc(C(CC(C)C)NC(=O)C2(c3ccccc3)CCCC2)cc1. The Morgan fingerprint density at radius 3 is 2.22 bits per heavy atom. The number of benzene rings is 2. The molecule has 144 valence electrons. The fourth-order valence-corrected chi connectivity index (χ4v) is 4.26. The highest BCUT2D eigenvalue weighted by Gasteiger charge is 2.43. The zero-order valence-electron chi connectivity index (χ0n) is 16.7. The molecule has 3 rings (SSSR count). The molecule has 0 radical (unpaired) electrons. The number of rotatable bonds is 7. The van der Waals surface area contributed by atoms with E-state index in [1.165, 1.54) is 0 Å². The molecule has 0 bridgehead atoms. The van der Waals surface area contributed by atoms with Gasteiger partial charge in [0, 0.05) is 0 Å². The summed E-state index contributed by atoms with van der Waals surface area (Å²) in [4.78, 5) is 13.5. The van der Waals surface area contributed by atoms with Gasteiger partial charge in [0.1, 0.15) is 5.75 Å². The maximum atomic E-state index is 13.5. The molecule has 1 unspecified atom stereocenters. The van der Waals surface area contributed by atoms with E-state index >= 15 is 0 Å². The van der Waals surface area contributed by atoms with Crippen LogP contribution >= 0.6 is 0 Å². The van der Waals surface area contributed by atoms with E-state index in [2.05, 4.69) is 43.4 Å². The second-order valence-electron chi connectivity index (χ2n) is 8.08. The predicted molar refractivity (Wildman–Crippen MR) is 110 cm³/mol. The summed E-state index contributed by atoms with van der Waals surface area (Å²) in [5, 5.41) is 3.40. The van der Waals surface area contributed by atoms with Crippen LogP contribution in [0.25, 0.3) is 0 Å². The number of nitrogens with one attached hydrogen (secondary N) is 1. The van der Waals surface area contributed by atoms with Crippen LogP contribution in [0.2, 0.25) is 0 Å². The Hall–Kier alpha value is -2.29. The smallest absolute Gasteiger partial charge is 0.231 e. The number of methoxy groups -OCH3 is 1. The van der Waals surface area contributed by atoms with Gasteiger partial charge in [-0.1, -0.05) is 69.2 Å². The second kappa shape index (κ2) is 8.60. The molecule has 1 atom stereocenters. The van der Waals surface area contributed by atoms with E-state index in [9.17, 15) is 4.79 Å². The summed E-state index contributed by atoms with van der Waals surface area (Å²) in [6, 6.07) is 18.4. The van der Waals surface area contributed by atoms with Crippen molar-refractivity contribution in [3.63, 3.8) is 0 Å². The lowest BCUT2D eigenvalue weighted by atomic mass is 9.77. The second-order valence-corrected chi connectivity index (χ2v) is 8.08. The van der Waals surface area contributed by atoms with Crippen LogP contribution in [-0.2, 0) is 10.2 Å². The van der Waals surface area contributed by atoms with E-state index in [4.69, 9.17) is 4.74 Å². The normalized spacial score (nSPS) is 16.9. The van der Waals surface area contributed by atoms with Crippen LogP contribution in [0.1, 0.15) is 63.1 Å². The van der Waals surface area contributed by atoms with Gasteiger partial charge in [0.15, 0.2) is 0 Å². The third-order valence-electron chi connectivity index (χ3n) is 5.75. The summed E-state index contributed by atoms with van der Waals surface area (Å²) < 4.78 is 5.28. The molecule has 1 aliphatic carbocycles. The summed E-state index contributed by atoms with van der Waals surface area (Å²) in [6.45, 7) is 4.40. The van der Waals surface area contributed by atoms with Crippen LogP contribution in [0.4, 0.5) is 0 Å². The molecule has 0 aliphatic heterocycles. The zero-order valence-corrected chi connectivity index (χ0v) is 16.7. The molecule has 27 heavy (non-hydrogen) atoms. The maximum absolute atomic E-state index is 13.5. The summed E-state index contributed by atoms with van der Waals surface area (Å²) in [7, 11) is 1.67. The van der Waals surface area contributed by atoms with Crippen molar-refractivity contribution in [3.8, 4) is 5.75 Å². The predicted octanol–water partition coefficient (Wildman–Crippen LogP) is 5.41. The maximum Gasteiger partial charge on any atom is 0.231 e. The lowest BCUT2D eigenvalue weighted by molar-refractivity contribution is -0.127. The van der Waals surface area contributed by atoms with Crippen molar-refractivity contribution in [1.29, 1.82) is 0 Å². The average Bonchev–Trinajstić information content (AvgIpc) is 3.19. The van der Waals surface area contributed by atoms with Crippen LogP contribution in [-0.4, -0.2) is 13.0 Å². The Balaban J connectivity index is 1.86. The van der Waals surface area contributed by atoms with Crippen molar-refractivity contribution in [3.05, 3.63) is 65.7 Å². The molecule has 0 aromatic heterocycles. The number of amides is 1. The Bertz CT molecular complexity index is 731. The van der Waals surface area contributed by atoms with E-state index in [-0.39, 0.29) is 17.4 Å². The molecule has 0 saturated heterocycles. The van der Waals surface area contributed by atoms with Crippen molar-refractivity contribution in [2.45, 2.75) is 57.4 Å². The van der Waals surface area contributed by atoms with Crippen LogP contribution in [0.15, 0.2) is 54.6 Å². The minimum absolute atomic E-state index is 0.0181. The third-order valence-corrected chi connectivity index (χ3v) is 5.75. The minimum atomic E-state index is -0.386. The van der Waals surface area contributed by atoms with E-state index < -0.39 is 0 Å². The largest absolute Gasteiger partial charge is 0.497 e. The van der Waals surface area contributed by atoms with Gasteiger partial charge >= 0.3 is 0 Å². The van der Waals surface area contributed by atoms with Crippen LogP contribution < -0.4 is 10.1 Å². The number of carbonyl (C=O) groups is 1. The first-order chi connectivity index (χ1) is 13.0. The molecule has 1 fully saturated rings. The molecule has 3 nitrogen and oxygen atoms in total. The first-order valence-electron chi connectivity index (χ1n) is 10.1. The molecular formula is C24H31NO2. The molecule has 0 heterocycles. The van der Waals surface area contributed by atoms with Gasteiger partial charge in [0.25, 0.3) is 0 Å². The lowest BCUT2D eigenvalue weighted by Crippen LogP contribution is -2.44. The number of hydrogen-bond acceptors (Lipinski definition) is 2. The van der Waals surface area contributed by atoms with Crippen LogP contribution in [0.3, 0.4) is 0 Å². The van der Waals surface area contributed by atoms with Crippen LogP contribution in [0, 0.1) is 5.92 Å². The fourth-order valence-electron chi connectivity index (χ4n) is 4.26. The monoisotopic (exact) mass is 365 g/mol. The highest BCUT2D eigenvalue weighted by molar-refractivity contribution is 5.89. The minimum Gasteiger partial charge on any atom is -0.497 e. The number of hydrogen-bond donors (Lipinski definition) is 1. The van der Waals surface area contributed by atoms with Gasteiger partial charge in [-0.25, -0.2) is 0 Å². The molecule has 1 aliphatic rings. The van der Waals surface area contributed by atoms with Gasteiger partial charge in [-0.05, 0) is 48.4 Å². The number of carbonyl (C=O) groups excluding carboxylic acids is 1. The van der Waals surface area contributed by atoms with E-state index in [0.29, 0.717) is 5.92 Å². The first kappa shape index (κ1) is 19.5. The molecule has 0 spiro atoms. The molecule has 1 N–H and O–H groups in total. The molecule has 1 saturated carbocycles. The van der Waals surface area contributed by atoms with Crippen molar-refractivity contribution < 1.29 is 9.53 Å². The standard InChI is InChI=1S/C24H31NO2/c1-18(2)17-22(19-11-13-21(27-3)14-12-19)25-23(26)24(15-7-8-16-24)20-9-5-4-6-10-20/h4-6,9-14,18,22H,7-8,15-17H2,1-3H3,(H,25,26). The highest BCUT2D eigenvalue weighted by Crippen LogP contribution is 2.42. The highest BCUT2D eigenvalue weighted by atomic mass is 16.5. The third kappa shape index (κ3) is 4.35. The van der Waals surface area contributed by atoms with Crippen LogP contribution in [0.5, 0.6) is 5.75 Å². The van der Waals surface area contributed by atoms with Crippen molar-refractivity contribution >= 4 is 5.91 Å². The van der Waals surface area contributed by atoms with Gasteiger partial charge in [0.2, 0.25) is 5.91 Å². The molecule has 3 heteroatoms. The Kier molecular flexibility index (Phi) is 6.20. The lowest BCUT2D eigenvalue weighted by Gasteiger charge is -2.32. The first-order valence-corrected chi connectivity index (χ1v) is 10.1. The number of ether oxygens (including phenoxy) is 1. The van der Waals surface area contributed by atoms with E-state index in [1.54, 1.807) is 7.11 Å². The molecule has 2 aromatic rings. The van der Waals surface area contributed by atoms with Crippen molar-refractivity contribution in [1.82, 2.24) is 5.32 Å². The summed E-state index contributed by atoms with van der Waals surface area (Å²) in [5.41, 5.74) is 1.90. The topological polar surface area (TPSA) is 38.3 Å². The Morgan fingerprint density at radius 2 is 1.67 bits per heavy atom. The van der Waals surface area contributed by atoms with Gasteiger partial charge in [-0.3, -0.25) is 4.79 Å². The van der Waals surface area contributed by atoms with Gasteiger partial charge in [0.05, 0.1) is 18.6 Å². The summed E-state index contributed by atoms with van der Waals surface area (Å²) >= 11 is 0. The van der Waals surface area contributed by atoms with E-state index in [1.807, 2.05) is 30.3 Å². The molecular weight excluding hydrogens is 334 g/mol. The quantitative estimate of drug-likeness (QED) is 0.712.